The third-order valence-electron chi connectivity index (χ3n) is 2.72. The van der Waals surface area contributed by atoms with Crippen molar-refractivity contribution < 1.29 is 4.74 Å². The molecular weight excluding hydrogens is 222 g/mol. The number of thiophene rings is 1. The third-order valence-corrected chi connectivity index (χ3v) is 3.56. The minimum absolute atomic E-state index is 0.321. The molecular formula is C11H13N3OS. The van der Waals surface area contributed by atoms with Crippen LogP contribution in [0.2, 0.25) is 0 Å². The van der Waals surface area contributed by atoms with E-state index in [9.17, 15) is 0 Å². The van der Waals surface area contributed by atoms with Crippen LogP contribution < -0.4 is 5.32 Å². The first kappa shape index (κ1) is 9.99. The van der Waals surface area contributed by atoms with E-state index in [1.165, 1.54) is 0 Å². The number of hydrogen-bond donors (Lipinski definition) is 1. The van der Waals surface area contributed by atoms with Gasteiger partial charge in [0.15, 0.2) is 0 Å². The lowest BCUT2D eigenvalue weighted by molar-refractivity contribution is 0.120. The summed E-state index contributed by atoms with van der Waals surface area (Å²) in [5, 5.41) is 5.26. The van der Waals surface area contributed by atoms with Crippen LogP contribution in [0.3, 0.4) is 0 Å². The molecule has 4 nitrogen and oxygen atoms in total. The van der Waals surface area contributed by atoms with Crippen molar-refractivity contribution in [3.05, 3.63) is 17.6 Å². The van der Waals surface area contributed by atoms with E-state index in [1.807, 2.05) is 17.6 Å². The van der Waals surface area contributed by atoms with Gasteiger partial charge in [0.05, 0.1) is 22.5 Å². The number of aromatic nitrogens is 2. The molecule has 16 heavy (non-hydrogen) atoms. The summed E-state index contributed by atoms with van der Waals surface area (Å²) in [4.78, 5) is 8.70. The number of nitrogens with one attached hydrogen (secondary N) is 1. The lowest BCUT2D eigenvalue weighted by Gasteiger charge is -2.10. The zero-order chi connectivity index (χ0) is 10.8. The molecule has 1 aliphatic rings. The smallest absolute Gasteiger partial charge is 0.223 e. The first-order valence-electron chi connectivity index (χ1n) is 5.47. The highest BCUT2D eigenvalue weighted by Crippen LogP contribution is 2.19. The maximum atomic E-state index is 5.53. The van der Waals surface area contributed by atoms with Gasteiger partial charge in [0.1, 0.15) is 0 Å². The van der Waals surface area contributed by atoms with Gasteiger partial charge in [-0.15, -0.1) is 11.3 Å². The highest BCUT2D eigenvalue weighted by Gasteiger charge is 2.15. The van der Waals surface area contributed by atoms with E-state index in [2.05, 4.69) is 15.3 Å². The van der Waals surface area contributed by atoms with E-state index in [4.69, 9.17) is 4.74 Å². The lowest BCUT2D eigenvalue weighted by atomic mass is 10.2. The molecule has 0 saturated carbocycles. The molecule has 5 heteroatoms. The van der Waals surface area contributed by atoms with E-state index >= 15 is 0 Å². The van der Waals surface area contributed by atoms with Gasteiger partial charge in [0.2, 0.25) is 5.95 Å². The second-order valence-corrected chi connectivity index (χ2v) is 4.83. The number of nitrogens with zero attached hydrogens (tertiary/aromatic N) is 2. The number of fused-ring (bicyclic) bond motifs is 1. The number of anilines is 1. The molecule has 2 aromatic heterocycles. The number of ether oxygens (including phenoxy) is 1. The minimum Gasteiger partial charge on any atom is -0.376 e. The molecule has 1 unspecified atom stereocenters. The topological polar surface area (TPSA) is 47.0 Å². The Balaban J connectivity index is 1.68. The highest BCUT2D eigenvalue weighted by atomic mass is 32.1. The lowest BCUT2D eigenvalue weighted by Crippen LogP contribution is -2.19. The van der Waals surface area contributed by atoms with E-state index < -0.39 is 0 Å². The van der Waals surface area contributed by atoms with Gasteiger partial charge < -0.3 is 10.1 Å². The maximum Gasteiger partial charge on any atom is 0.223 e. The van der Waals surface area contributed by atoms with Crippen LogP contribution in [0.5, 0.6) is 0 Å². The average molecular weight is 235 g/mol. The summed E-state index contributed by atoms with van der Waals surface area (Å²) >= 11 is 1.66. The van der Waals surface area contributed by atoms with Crippen molar-refractivity contribution in [2.75, 3.05) is 18.5 Å². The summed E-state index contributed by atoms with van der Waals surface area (Å²) in [6.07, 6.45) is 4.48. The molecule has 0 amide bonds. The molecule has 1 atom stereocenters. The number of rotatable bonds is 3. The molecule has 0 bridgehead atoms. The van der Waals surface area contributed by atoms with E-state index in [-0.39, 0.29) is 0 Å². The van der Waals surface area contributed by atoms with Gasteiger partial charge >= 0.3 is 0 Å². The van der Waals surface area contributed by atoms with E-state index in [0.29, 0.717) is 12.1 Å². The Morgan fingerprint density at radius 1 is 1.56 bits per heavy atom. The van der Waals surface area contributed by atoms with Gasteiger partial charge in [-0.3, -0.25) is 0 Å². The monoisotopic (exact) mass is 235 g/mol. The molecule has 0 aromatic carbocycles. The van der Waals surface area contributed by atoms with Crippen molar-refractivity contribution in [2.45, 2.75) is 18.9 Å². The van der Waals surface area contributed by atoms with Crippen molar-refractivity contribution in [3.63, 3.8) is 0 Å². The maximum absolute atomic E-state index is 5.53. The predicted octanol–water partition coefficient (Wildman–Crippen LogP) is 2.28. The fourth-order valence-corrected chi connectivity index (χ4v) is 2.55. The average Bonchev–Trinajstić information content (AvgIpc) is 2.97. The third kappa shape index (κ3) is 2.01. The highest BCUT2D eigenvalue weighted by molar-refractivity contribution is 7.17. The molecule has 1 N–H and O–H groups in total. The van der Waals surface area contributed by atoms with Crippen LogP contribution >= 0.6 is 11.3 Å². The van der Waals surface area contributed by atoms with Gasteiger partial charge in [-0.1, -0.05) is 0 Å². The Morgan fingerprint density at radius 2 is 2.56 bits per heavy atom. The summed E-state index contributed by atoms with van der Waals surface area (Å²) in [6.45, 7) is 1.69. The van der Waals surface area contributed by atoms with Crippen LogP contribution in [0.15, 0.2) is 17.6 Å². The van der Waals surface area contributed by atoms with Crippen LogP contribution in [0.25, 0.3) is 10.2 Å². The number of hydrogen-bond acceptors (Lipinski definition) is 5. The van der Waals surface area contributed by atoms with Gasteiger partial charge in [-0.05, 0) is 24.3 Å². The van der Waals surface area contributed by atoms with E-state index in [1.54, 1.807) is 11.3 Å². The summed E-state index contributed by atoms with van der Waals surface area (Å²) in [5.74, 6) is 0.696. The Labute approximate surface area is 97.7 Å². The molecule has 2 aromatic rings. The van der Waals surface area contributed by atoms with Gasteiger partial charge in [-0.25, -0.2) is 9.97 Å². The molecule has 3 rings (SSSR count). The summed E-state index contributed by atoms with van der Waals surface area (Å²) in [7, 11) is 0. The molecule has 0 radical (unpaired) electrons. The van der Waals surface area contributed by atoms with Crippen molar-refractivity contribution in [2.24, 2.45) is 0 Å². The summed E-state index contributed by atoms with van der Waals surface area (Å²) in [6, 6.07) is 2.01. The zero-order valence-corrected chi connectivity index (χ0v) is 9.67. The fraction of sp³-hybridized carbons (Fsp3) is 0.455. The first-order valence-corrected chi connectivity index (χ1v) is 6.35. The van der Waals surface area contributed by atoms with Crippen molar-refractivity contribution >= 4 is 27.5 Å². The second kappa shape index (κ2) is 4.35. The first-order chi connectivity index (χ1) is 7.92. The SMILES string of the molecule is c1cc2nc(NCC3CCCO3)ncc2s1. The van der Waals surface area contributed by atoms with Gasteiger partial charge in [-0.2, -0.15) is 0 Å². The Morgan fingerprint density at radius 3 is 3.44 bits per heavy atom. The largest absolute Gasteiger partial charge is 0.376 e. The van der Waals surface area contributed by atoms with Crippen LogP contribution in [0, 0.1) is 0 Å². The molecule has 0 spiro atoms. The Bertz CT molecular complexity index is 479. The Kier molecular flexibility index (Phi) is 2.71. The molecule has 1 saturated heterocycles. The second-order valence-electron chi connectivity index (χ2n) is 3.88. The molecule has 1 aliphatic heterocycles. The fourth-order valence-electron chi connectivity index (χ4n) is 1.86. The summed E-state index contributed by atoms with van der Waals surface area (Å²) < 4.78 is 6.66. The quantitative estimate of drug-likeness (QED) is 0.886. The van der Waals surface area contributed by atoms with Gasteiger partial charge in [0, 0.05) is 13.2 Å². The van der Waals surface area contributed by atoms with Gasteiger partial charge in [0.25, 0.3) is 0 Å². The minimum atomic E-state index is 0.321. The standard InChI is InChI=1S/C11H13N3OS/c1-2-8(15-4-1)6-12-11-13-7-10-9(14-11)3-5-16-10/h3,5,7-8H,1-2,4,6H2,(H,12,13,14). The Hall–Kier alpha value is -1.20. The van der Waals surface area contributed by atoms with E-state index in [0.717, 1.165) is 36.2 Å². The molecule has 1 fully saturated rings. The van der Waals surface area contributed by atoms with Crippen LogP contribution in [-0.4, -0.2) is 29.2 Å². The van der Waals surface area contributed by atoms with Crippen molar-refractivity contribution in [1.82, 2.24) is 9.97 Å². The molecule has 84 valence electrons. The predicted molar refractivity (Wildman–Crippen MR) is 64.9 cm³/mol. The normalized spacial score (nSPS) is 20.4. The van der Waals surface area contributed by atoms with Crippen molar-refractivity contribution in [3.8, 4) is 0 Å². The van der Waals surface area contributed by atoms with Crippen molar-refractivity contribution in [1.29, 1.82) is 0 Å². The van der Waals surface area contributed by atoms with Crippen LogP contribution in [-0.2, 0) is 4.74 Å². The zero-order valence-electron chi connectivity index (χ0n) is 8.85. The van der Waals surface area contributed by atoms with Crippen LogP contribution in [0.1, 0.15) is 12.8 Å². The summed E-state index contributed by atoms with van der Waals surface area (Å²) in [5.41, 5.74) is 1.01. The van der Waals surface area contributed by atoms with Crippen LogP contribution in [0.4, 0.5) is 5.95 Å². The molecule has 3 heterocycles. The molecule has 0 aliphatic carbocycles.